The van der Waals surface area contributed by atoms with Crippen molar-refractivity contribution in [2.45, 2.75) is 78.2 Å². The molecule has 3 fully saturated rings. The highest BCUT2D eigenvalue weighted by Gasteiger charge is 2.62. The van der Waals surface area contributed by atoms with E-state index in [0.29, 0.717) is 30.1 Å². The first-order valence-corrected chi connectivity index (χ1v) is 9.04. The molecule has 0 aromatic heterocycles. The molecule has 3 heteroatoms. The molecule has 6 atom stereocenters. The normalized spacial score (nSPS) is 50.2. The Morgan fingerprint density at radius 3 is 2.27 bits per heavy atom. The van der Waals surface area contributed by atoms with E-state index in [1.54, 1.807) is 0 Å². The van der Waals surface area contributed by atoms with Gasteiger partial charge in [-0.2, -0.15) is 0 Å². The summed E-state index contributed by atoms with van der Waals surface area (Å²) in [6.07, 6.45) is 6.82. The third-order valence-corrected chi connectivity index (χ3v) is 8.28. The molecular formula is C19H32O3. The average molecular weight is 308 g/mol. The molecule has 3 rings (SSSR count). The van der Waals surface area contributed by atoms with Gasteiger partial charge in [0, 0.05) is 6.42 Å². The van der Waals surface area contributed by atoms with Crippen LogP contribution in [-0.2, 0) is 4.79 Å². The van der Waals surface area contributed by atoms with Gasteiger partial charge < -0.3 is 10.2 Å². The summed E-state index contributed by atoms with van der Waals surface area (Å²) in [7, 11) is 0. The van der Waals surface area contributed by atoms with Crippen LogP contribution in [0.5, 0.6) is 0 Å². The fraction of sp³-hybridized carbons (Fsp3) is 0.947. The molecule has 3 saturated carbocycles. The van der Waals surface area contributed by atoms with Crippen LogP contribution >= 0.6 is 0 Å². The van der Waals surface area contributed by atoms with Gasteiger partial charge >= 0.3 is 5.97 Å². The second kappa shape index (κ2) is 4.96. The van der Waals surface area contributed by atoms with Crippen molar-refractivity contribution in [3.05, 3.63) is 0 Å². The van der Waals surface area contributed by atoms with Crippen LogP contribution in [0.4, 0.5) is 0 Å². The monoisotopic (exact) mass is 308 g/mol. The van der Waals surface area contributed by atoms with E-state index in [-0.39, 0.29) is 10.8 Å². The highest BCUT2D eigenvalue weighted by atomic mass is 16.4. The Hall–Kier alpha value is -0.570. The summed E-state index contributed by atoms with van der Waals surface area (Å²) in [4.78, 5) is 11.2. The molecule has 0 aromatic carbocycles. The van der Waals surface area contributed by atoms with E-state index in [0.717, 1.165) is 38.5 Å². The van der Waals surface area contributed by atoms with Crippen molar-refractivity contribution in [1.29, 1.82) is 0 Å². The summed E-state index contributed by atoms with van der Waals surface area (Å²) in [5.41, 5.74) is -0.355. The minimum Gasteiger partial charge on any atom is -0.481 e. The maximum Gasteiger partial charge on any atom is 0.303 e. The molecule has 0 aromatic rings. The third kappa shape index (κ3) is 2.15. The zero-order valence-corrected chi connectivity index (χ0v) is 14.6. The minimum absolute atomic E-state index is 0.0594. The van der Waals surface area contributed by atoms with Crippen LogP contribution in [0.25, 0.3) is 0 Å². The maximum absolute atomic E-state index is 11.2. The van der Waals surface area contributed by atoms with Crippen molar-refractivity contribution >= 4 is 5.97 Å². The van der Waals surface area contributed by atoms with Crippen molar-refractivity contribution < 1.29 is 15.0 Å². The standard InChI is InChI=1S/C19H32O3/c1-17(2)12(11-16(20)21)5-6-13-14(17)7-9-18(3)15(13)8-10-19(18,4)22/h12-15,22H,5-11H2,1-4H3,(H,20,21)/t12-,13+,14-,15-,18-,19-/m0/s1. The lowest BCUT2D eigenvalue weighted by Crippen LogP contribution is -2.54. The van der Waals surface area contributed by atoms with Crippen LogP contribution in [0.15, 0.2) is 0 Å². The van der Waals surface area contributed by atoms with Crippen LogP contribution in [0.3, 0.4) is 0 Å². The molecule has 3 nitrogen and oxygen atoms in total. The molecule has 0 bridgehead atoms. The number of fused-ring (bicyclic) bond motifs is 3. The van der Waals surface area contributed by atoms with Crippen molar-refractivity contribution in [3.8, 4) is 0 Å². The van der Waals surface area contributed by atoms with Crippen molar-refractivity contribution in [1.82, 2.24) is 0 Å². The average Bonchev–Trinajstić information content (AvgIpc) is 2.63. The Kier molecular flexibility index (Phi) is 3.67. The second-order valence-corrected chi connectivity index (χ2v) is 9.34. The first-order valence-electron chi connectivity index (χ1n) is 9.04. The number of hydrogen-bond acceptors (Lipinski definition) is 2. The molecule has 0 aliphatic heterocycles. The van der Waals surface area contributed by atoms with Crippen LogP contribution in [0.2, 0.25) is 0 Å². The lowest BCUT2D eigenvalue weighted by Gasteiger charge is -2.58. The van der Waals surface area contributed by atoms with Crippen molar-refractivity contribution in [2.75, 3.05) is 0 Å². The van der Waals surface area contributed by atoms with Gasteiger partial charge in [-0.3, -0.25) is 4.79 Å². The van der Waals surface area contributed by atoms with Gasteiger partial charge in [0.1, 0.15) is 0 Å². The van der Waals surface area contributed by atoms with Crippen LogP contribution < -0.4 is 0 Å². The van der Waals surface area contributed by atoms with E-state index >= 15 is 0 Å². The Balaban J connectivity index is 1.86. The topological polar surface area (TPSA) is 57.5 Å². The van der Waals surface area contributed by atoms with Crippen molar-refractivity contribution in [3.63, 3.8) is 0 Å². The number of hydrogen-bond donors (Lipinski definition) is 2. The molecule has 2 N–H and O–H groups in total. The van der Waals surface area contributed by atoms with E-state index in [1.165, 1.54) is 0 Å². The van der Waals surface area contributed by atoms with E-state index in [9.17, 15) is 15.0 Å². The van der Waals surface area contributed by atoms with Gasteiger partial charge in [-0.15, -0.1) is 0 Å². The SMILES string of the molecule is CC1(C)[C@H](CC(=O)O)CC[C@@H]2[C@@H]1CC[C@@]1(C)[C@H]2CC[C@]1(C)O. The number of carbonyl (C=O) groups is 1. The molecule has 126 valence electrons. The van der Waals surface area contributed by atoms with Crippen LogP contribution in [0.1, 0.15) is 72.6 Å². The van der Waals surface area contributed by atoms with Crippen molar-refractivity contribution in [2.24, 2.45) is 34.5 Å². The number of aliphatic hydroxyl groups is 1. The van der Waals surface area contributed by atoms with E-state index in [2.05, 4.69) is 20.8 Å². The van der Waals surface area contributed by atoms with Crippen LogP contribution in [0, 0.1) is 34.5 Å². The Morgan fingerprint density at radius 1 is 1.00 bits per heavy atom. The molecule has 3 aliphatic carbocycles. The molecule has 0 amide bonds. The van der Waals surface area contributed by atoms with E-state index < -0.39 is 11.6 Å². The Labute approximate surface area is 134 Å². The fourth-order valence-corrected chi connectivity index (χ4v) is 6.50. The number of rotatable bonds is 2. The van der Waals surface area contributed by atoms with Gasteiger partial charge in [-0.1, -0.05) is 20.8 Å². The van der Waals surface area contributed by atoms with Gasteiger partial charge in [0.2, 0.25) is 0 Å². The highest BCUT2D eigenvalue weighted by molar-refractivity contribution is 5.67. The third-order valence-electron chi connectivity index (χ3n) is 8.28. The summed E-state index contributed by atoms with van der Waals surface area (Å²) in [6.45, 7) is 8.94. The van der Waals surface area contributed by atoms with E-state index in [1.807, 2.05) is 6.92 Å². The summed E-state index contributed by atoms with van der Waals surface area (Å²) in [5, 5.41) is 20.1. The first kappa shape index (κ1) is 16.3. The zero-order valence-electron chi connectivity index (χ0n) is 14.6. The molecule has 0 spiro atoms. The number of carboxylic acid groups (broad SMARTS) is 1. The number of aliphatic carboxylic acids is 1. The predicted octanol–water partition coefficient (Wildman–Crippen LogP) is 4.09. The fourth-order valence-electron chi connectivity index (χ4n) is 6.50. The molecule has 0 heterocycles. The van der Waals surface area contributed by atoms with Crippen LogP contribution in [-0.4, -0.2) is 21.8 Å². The molecular weight excluding hydrogens is 276 g/mol. The lowest BCUT2D eigenvalue weighted by atomic mass is 9.47. The molecule has 0 unspecified atom stereocenters. The molecule has 0 radical (unpaired) electrons. The highest BCUT2D eigenvalue weighted by Crippen LogP contribution is 2.66. The number of carboxylic acids is 1. The minimum atomic E-state index is -0.652. The first-order chi connectivity index (χ1) is 10.1. The Morgan fingerprint density at radius 2 is 1.64 bits per heavy atom. The summed E-state index contributed by atoms with van der Waals surface area (Å²) < 4.78 is 0. The van der Waals surface area contributed by atoms with E-state index in [4.69, 9.17) is 0 Å². The summed E-state index contributed by atoms with van der Waals surface area (Å²) >= 11 is 0. The maximum atomic E-state index is 11.2. The van der Waals surface area contributed by atoms with Gasteiger partial charge in [-0.25, -0.2) is 0 Å². The molecule has 0 saturated heterocycles. The van der Waals surface area contributed by atoms with Gasteiger partial charge in [-0.05, 0) is 80.0 Å². The summed E-state index contributed by atoms with van der Waals surface area (Å²) in [5.74, 6) is 1.56. The smallest absolute Gasteiger partial charge is 0.303 e. The Bertz CT molecular complexity index is 467. The van der Waals surface area contributed by atoms with Gasteiger partial charge in [0.15, 0.2) is 0 Å². The molecule has 22 heavy (non-hydrogen) atoms. The molecule has 3 aliphatic rings. The largest absolute Gasteiger partial charge is 0.481 e. The predicted molar refractivity (Wildman–Crippen MR) is 86.4 cm³/mol. The zero-order chi connectivity index (χ0) is 16.3. The quantitative estimate of drug-likeness (QED) is 0.807. The van der Waals surface area contributed by atoms with Gasteiger partial charge in [0.05, 0.1) is 5.60 Å². The van der Waals surface area contributed by atoms with Gasteiger partial charge in [0.25, 0.3) is 0 Å². The second-order valence-electron chi connectivity index (χ2n) is 9.34. The lowest BCUT2D eigenvalue weighted by molar-refractivity contribution is -0.148. The summed E-state index contributed by atoms with van der Waals surface area (Å²) in [6, 6.07) is 0.